The van der Waals surface area contributed by atoms with Gasteiger partial charge in [-0.3, -0.25) is 4.79 Å². The molecule has 5 heteroatoms. The van der Waals surface area contributed by atoms with Gasteiger partial charge < -0.3 is 9.47 Å². The summed E-state index contributed by atoms with van der Waals surface area (Å²) >= 11 is 0. The third-order valence-corrected chi connectivity index (χ3v) is 2.38. The van der Waals surface area contributed by atoms with Gasteiger partial charge in [0.15, 0.2) is 0 Å². The molecular weight excluding hydrogens is 198 g/mol. The Morgan fingerprint density at radius 2 is 2.13 bits per heavy atom. The Labute approximate surface area is 88.3 Å². The number of morpholine rings is 1. The first-order chi connectivity index (χ1) is 6.87. The molecule has 84 valence electrons. The maximum absolute atomic E-state index is 11.6. The van der Waals surface area contributed by atoms with Crippen molar-refractivity contribution in [3.63, 3.8) is 0 Å². The zero-order valence-electron chi connectivity index (χ0n) is 9.15. The SMILES string of the molecule is CC(C)(C)OC(=O)N1CC2CC(O2)C1=O. The van der Waals surface area contributed by atoms with Gasteiger partial charge in [-0.15, -0.1) is 0 Å². The minimum atomic E-state index is -0.570. The molecule has 3 rings (SSSR count). The lowest BCUT2D eigenvalue weighted by Crippen LogP contribution is -2.62. The molecule has 3 heterocycles. The van der Waals surface area contributed by atoms with E-state index in [4.69, 9.17) is 9.47 Å². The number of rotatable bonds is 0. The first-order valence-electron chi connectivity index (χ1n) is 5.06. The third-order valence-electron chi connectivity index (χ3n) is 2.38. The Kier molecular flexibility index (Phi) is 2.22. The van der Waals surface area contributed by atoms with Gasteiger partial charge in [0.05, 0.1) is 12.6 Å². The van der Waals surface area contributed by atoms with E-state index in [1.807, 2.05) is 0 Å². The topological polar surface area (TPSA) is 55.8 Å². The van der Waals surface area contributed by atoms with Gasteiger partial charge in [-0.25, -0.2) is 9.69 Å². The first-order valence-corrected chi connectivity index (χ1v) is 5.06. The van der Waals surface area contributed by atoms with Crippen LogP contribution in [-0.4, -0.2) is 41.3 Å². The zero-order chi connectivity index (χ0) is 11.2. The summed E-state index contributed by atoms with van der Waals surface area (Å²) in [7, 11) is 0. The van der Waals surface area contributed by atoms with Crippen molar-refractivity contribution in [2.75, 3.05) is 6.54 Å². The van der Waals surface area contributed by atoms with E-state index >= 15 is 0 Å². The zero-order valence-corrected chi connectivity index (χ0v) is 9.15. The number of amides is 2. The van der Waals surface area contributed by atoms with Gasteiger partial charge in [-0.2, -0.15) is 0 Å². The van der Waals surface area contributed by atoms with Crippen LogP contribution in [0.1, 0.15) is 27.2 Å². The molecule has 0 spiro atoms. The summed E-state index contributed by atoms with van der Waals surface area (Å²) in [4.78, 5) is 24.4. The highest BCUT2D eigenvalue weighted by Crippen LogP contribution is 2.29. The minimum absolute atomic E-state index is 0.0141. The van der Waals surface area contributed by atoms with Crippen molar-refractivity contribution in [2.45, 2.75) is 45.0 Å². The van der Waals surface area contributed by atoms with Crippen LogP contribution in [0.25, 0.3) is 0 Å². The van der Waals surface area contributed by atoms with Crippen LogP contribution < -0.4 is 0 Å². The van der Waals surface area contributed by atoms with Crippen LogP contribution in [-0.2, 0) is 14.3 Å². The Balaban J connectivity index is 1.99. The molecular formula is C10H15NO4. The van der Waals surface area contributed by atoms with E-state index in [9.17, 15) is 9.59 Å². The minimum Gasteiger partial charge on any atom is -0.443 e. The van der Waals surface area contributed by atoms with Gasteiger partial charge in [-0.1, -0.05) is 0 Å². The van der Waals surface area contributed by atoms with Crippen molar-refractivity contribution in [1.29, 1.82) is 0 Å². The highest BCUT2D eigenvalue weighted by molar-refractivity contribution is 5.96. The van der Waals surface area contributed by atoms with E-state index in [-0.39, 0.29) is 12.0 Å². The Morgan fingerprint density at radius 1 is 1.53 bits per heavy atom. The third kappa shape index (κ3) is 1.97. The molecule has 5 nitrogen and oxygen atoms in total. The quantitative estimate of drug-likeness (QED) is 0.600. The van der Waals surface area contributed by atoms with E-state index in [0.29, 0.717) is 6.54 Å². The molecule has 3 fully saturated rings. The van der Waals surface area contributed by atoms with Crippen molar-refractivity contribution in [3.8, 4) is 0 Å². The molecule has 0 aromatic carbocycles. The molecule has 3 aliphatic heterocycles. The molecule has 15 heavy (non-hydrogen) atoms. The molecule has 2 bridgehead atoms. The van der Waals surface area contributed by atoms with Gasteiger partial charge in [-0.05, 0) is 20.8 Å². The van der Waals surface area contributed by atoms with Crippen molar-refractivity contribution in [2.24, 2.45) is 0 Å². The predicted molar refractivity (Wildman–Crippen MR) is 51.2 cm³/mol. The van der Waals surface area contributed by atoms with E-state index < -0.39 is 17.8 Å². The molecule has 0 saturated carbocycles. The summed E-state index contributed by atoms with van der Waals surface area (Å²) in [5.74, 6) is -0.272. The number of carbonyl (C=O) groups excluding carboxylic acids is 2. The molecule has 0 N–H and O–H groups in total. The van der Waals surface area contributed by atoms with Crippen LogP contribution >= 0.6 is 0 Å². The van der Waals surface area contributed by atoms with Crippen LogP contribution in [0, 0.1) is 0 Å². The molecule has 0 aliphatic carbocycles. The van der Waals surface area contributed by atoms with Crippen LogP contribution in [0.3, 0.4) is 0 Å². The monoisotopic (exact) mass is 213 g/mol. The smallest absolute Gasteiger partial charge is 0.417 e. The van der Waals surface area contributed by atoms with E-state index in [2.05, 4.69) is 0 Å². The van der Waals surface area contributed by atoms with E-state index in [1.54, 1.807) is 20.8 Å². The highest BCUT2D eigenvalue weighted by atomic mass is 16.6. The average Bonchev–Trinajstić information content (AvgIpc) is 1.98. The Morgan fingerprint density at radius 3 is 2.60 bits per heavy atom. The fourth-order valence-corrected chi connectivity index (χ4v) is 1.69. The lowest BCUT2D eigenvalue weighted by atomic mass is 9.98. The molecule has 2 amide bonds. The second-order valence-corrected chi connectivity index (χ2v) is 4.91. The van der Waals surface area contributed by atoms with Crippen molar-refractivity contribution < 1.29 is 19.1 Å². The van der Waals surface area contributed by atoms with Gasteiger partial charge in [0.1, 0.15) is 11.7 Å². The summed E-state index contributed by atoms with van der Waals surface area (Å²) < 4.78 is 10.3. The molecule has 2 unspecified atom stereocenters. The Bertz CT molecular complexity index is 301. The summed E-state index contributed by atoms with van der Waals surface area (Å²) in [6.45, 7) is 5.65. The second kappa shape index (κ2) is 3.20. The van der Waals surface area contributed by atoms with Crippen molar-refractivity contribution in [1.82, 2.24) is 4.90 Å². The predicted octanol–water partition coefficient (Wildman–Crippen LogP) is 0.921. The van der Waals surface area contributed by atoms with Crippen LogP contribution in [0.2, 0.25) is 0 Å². The second-order valence-electron chi connectivity index (χ2n) is 4.91. The van der Waals surface area contributed by atoms with Crippen LogP contribution in [0.4, 0.5) is 4.79 Å². The number of hydrogen-bond acceptors (Lipinski definition) is 4. The number of nitrogens with zero attached hydrogens (tertiary/aromatic N) is 1. The van der Waals surface area contributed by atoms with Gasteiger partial charge >= 0.3 is 6.09 Å². The number of piperidine rings is 1. The van der Waals surface area contributed by atoms with E-state index in [0.717, 1.165) is 11.3 Å². The lowest BCUT2D eigenvalue weighted by molar-refractivity contribution is -0.194. The number of hydrogen-bond donors (Lipinski definition) is 0. The number of fused-ring (bicyclic) bond motifs is 2. The molecule has 0 aromatic rings. The van der Waals surface area contributed by atoms with Gasteiger partial charge in [0.25, 0.3) is 5.91 Å². The number of carbonyl (C=O) groups is 2. The van der Waals surface area contributed by atoms with Gasteiger partial charge in [0, 0.05) is 6.42 Å². The maximum atomic E-state index is 11.6. The fourth-order valence-electron chi connectivity index (χ4n) is 1.69. The average molecular weight is 213 g/mol. The molecule has 0 aromatic heterocycles. The van der Waals surface area contributed by atoms with Crippen LogP contribution in [0.5, 0.6) is 0 Å². The van der Waals surface area contributed by atoms with E-state index in [1.165, 1.54) is 0 Å². The summed E-state index contributed by atoms with van der Waals surface area (Å²) in [6, 6.07) is 0. The number of imide groups is 1. The normalized spacial score (nSPS) is 29.8. The lowest BCUT2D eigenvalue weighted by Gasteiger charge is -2.44. The molecule has 3 aliphatic rings. The molecule has 2 atom stereocenters. The van der Waals surface area contributed by atoms with Crippen molar-refractivity contribution in [3.05, 3.63) is 0 Å². The number of ether oxygens (including phenoxy) is 2. The Hall–Kier alpha value is -1.10. The highest BCUT2D eigenvalue weighted by Gasteiger charge is 2.48. The molecule has 3 saturated heterocycles. The first kappa shape index (κ1) is 10.4. The fraction of sp³-hybridized carbons (Fsp3) is 0.800. The largest absolute Gasteiger partial charge is 0.443 e. The van der Waals surface area contributed by atoms with Crippen LogP contribution in [0.15, 0.2) is 0 Å². The van der Waals surface area contributed by atoms with Crippen molar-refractivity contribution >= 4 is 12.0 Å². The summed E-state index contributed by atoms with van der Waals surface area (Å²) in [6.07, 6.45) is -0.236. The maximum Gasteiger partial charge on any atom is 0.417 e. The standard InChI is InChI=1S/C10H15NO4/c1-10(2,3)15-9(13)11-5-6-4-7(14-6)8(11)12/h6-7H,4-5H2,1-3H3. The summed E-state index contributed by atoms with van der Waals surface area (Å²) in [5, 5.41) is 0. The summed E-state index contributed by atoms with van der Waals surface area (Å²) in [5.41, 5.74) is -0.570. The molecule has 0 radical (unpaired) electrons. The van der Waals surface area contributed by atoms with Gasteiger partial charge in [0.2, 0.25) is 0 Å².